The zero-order valence-corrected chi connectivity index (χ0v) is 9.49. The lowest BCUT2D eigenvalue weighted by atomic mass is 10.1. The van der Waals surface area contributed by atoms with Crippen LogP contribution in [0.4, 0.5) is 13.9 Å². The van der Waals surface area contributed by atoms with E-state index in [9.17, 15) is 13.9 Å². The van der Waals surface area contributed by atoms with Crippen molar-refractivity contribution < 1.29 is 13.9 Å². The molecule has 0 aliphatic carbocycles. The molecule has 1 atom stereocenters. The Labute approximate surface area is 101 Å². The molecule has 0 aliphatic rings. The number of thiazole rings is 1. The van der Waals surface area contributed by atoms with Crippen LogP contribution in [0.5, 0.6) is 0 Å². The molecule has 0 bridgehead atoms. The van der Waals surface area contributed by atoms with Gasteiger partial charge in [-0.05, 0) is 11.6 Å². The maximum Gasteiger partial charge on any atom is 0.263 e. The predicted molar refractivity (Wildman–Crippen MR) is 62.0 cm³/mol. The summed E-state index contributed by atoms with van der Waals surface area (Å²) in [5.41, 5.74) is 5.75. The molecular formula is C11H10F2N2OS. The summed E-state index contributed by atoms with van der Waals surface area (Å²) in [5.74, 6) is 0. The lowest BCUT2D eigenvalue weighted by Gasteiger charge is -2.09. The number of halogens is 2. The second-order valence-corrected chi connectivity index (χ2v) is 4.57. The molecule has 1 unspecified atom stereocenters. The van der Waals surface area contributed by atoms with E-state index in [1.165, 1.54) is 24.4 Å². The molecule has 2 rings (SSSR count). The Kier molecular flexibility index (Phi) is 3.35. The minimum absolute atomic E-state index is 0.112. The van der Waals surface area contributed by atoms with Gasteiger partial charge in [-0.1, -0.05) is 29.5 Å². The SMILES string of the molecule is Nc1ncc(C(O)c2cccc(C(F)F)c2)s1. The van der Waals surface area contributed by atoms with E-state index in [1.807, 2.05) is 0 Å². The van der Waals surface area contributed by atoms with E-state index >= 15 is 0 Å². The lowest BCUT2D eigenvalue weighted by Crippen LogP contribution is -1.98. The topological polar surface area (TPSA) is 59.1 Å². The van der Waals surface area contributed by atoms with E-state index in [0.717, 1.165) is 11.3 Å². The molecule has 3 N–H and O–H groups in total. The van der Waals surface area contributed by atoms with Crippen LogP contribution in [-0.2, 0) is 0 Å². The van der Waals surface area contributed by atoms with Gasteiger partial charge in [-0.15, -0.1) is 0 Å². The molecule has 2 aromatic rings. The van der Waals surface area contributed by atoms with Crippen LogP contribution in [0.25, 0.3) is 0 Å². The zero-order chi connectivity index (χ0) is 12.4. The monoisotopic (exact) mass is 256 g/mol. The summed E-state index contributed by atoms with van der Waals surface area (Å²) in [4.78, 5) is 4.34. The fourth-order valence-electron chi connectivity index (χ4n) is 1.46. The summed E-state index contributed by atoms with van der Waals surface area (Å²) >= 11 is 1.13. The van der Waals surface area contributed by atoms with Gasteiger partial charge in [0.15, 0.2) is 5.13 Å². The lowest BCUT2D eigenvalue weighted by molar-refractivity contribution is 0.151. The maximum absolute atomic E-state index is 12.5. The third-order valence-electron chi connectivity index (χ3n) is 2.29. The molecule has 6 heteroatoms. The van der Waals surface area contributed by atoms with E-state index in [-0.39, 0.29) is 5.56 Å². The van der Waals surface area contributed by atoms with Crippen LogP contribution in [0.1, 0.15) is 28.5 Å². The zero-order valence-electron chi connectivity index (χ0n) is 8.68. The fourth-order valence-corrected chi connectivity index (χ4v) is 2.16. The van der Waals surface area contributed by atoms with Crippen molar-refractivity contribution >= 4 is 16.5 Å². The first-order valence-electron chi connectivity index (χ1n) is 4.85. The van der Waals surface area contributed by atoms with Crippen LogP contribution in [0, 0.1) is 0 Å². The van der Waals surface area contributed by atoms with Crippen molar-refractivity contribution in [2.75, 3.05) is 5.73 Å². The second-order valence-electron chi connectivity index (χ2n) is 3.47. The predicted octanol–water partition coefficient (Wildman–Crippen LogP) is 2.74. The number of nitrogens with two attached hydrogens (primary N) is 1. The number of anilines is 1. The van der Waals surface area contributed by atoms with Gasteiger partial charge in [0.2, 0.25) is 0 Å². The molecule has 0 saturated heterocycles. The number of aliphatic hydroxyl groups excluding tert-OH is 1. The van der Waals surface area contributed by atoms with Crippen LogP contribution < -0.4 is 5.73 Å². The fraction of sp³-hybridized carbons (Fsp3) is 0.182. The third kappa shape index (κ3) is 2.59. The minimum atomic E-state index is -2.55. The van der Waals surface area contributed by atoms with Crippen LogP contribution >= 0.6 is 11.3 Å². The molecule has 0 fully saturated rings. The number of nitrogen functional groups attached to an aromatic ring is 1. The normalized spacial score (nSPS) is 12.9. The molecule has 3 nitrogen and oxygen atoms in total. The number of nitrogens with zero attached hydrogens (tertiary/aromatic N) is 1. The first kappa shape index (κ1) is 11.9. The molecular weight excluding hydrogens is 246 g/mol. The van der Waals surface area contributed by atoms with Crippen LogP contribution in [-0.4, -0.2) is 10.1 Å². The number of aromatic nitrogens is 1. The molecule has 0 saturated carbocycles. The number of hydrogen-bond acceptors (Lipinski definition) is 4. The van der Waals surface area contributed by atoms with Gasteiger partial charge in [0.1, 0.15) is 6.10 Å². The van der Waals surface area contributed by atoms with Gasteiger partial charge in [-0.3, -0.25) is 0 Å². The summed E-state index contributed by atoms with van der Waals surface area (Å²) in [6.07, 6.45) is -2.07. The largest absolute Gasteiger partial charge is 0.383 e. The molecule has 1 aromatic heterocycles. The Morgan fingerprint density at radius 3 is 2.59 bits per heavy atom. The highest BCUT2D eigenvalue weighted by atomic mass is 32.1. The molecule has 1 heterocycles. The number of benzene rings is 1. The van der Waals surface area contributed by atoms with Gasteiger partial charge >= 0.3 is 0 Å². The first-order valence-corrected chi connectivity index (χ1v) is 5.67. The Morgan fingerprint density at radius 2 is 2.00 bits per heavy atom. The van der Waals surface area contributed by atoms with Crippen LogP contribution in [0.15, 0.2) is 30.5 Å². The first-order chi connectivity index (χ1) is 8.08. The number of hydrogen-bond donors (Lipinski definition) is 2. The molecule has 0 spiro atoms. The second kappa shape index (κ2) is 4.77. The number of alkyl halides is 2. The molecule has 0 aliphatic heterocycles. The van der Waals surface area contributed by atoms with Crippen molar-refractivity contribution in [3.8, 4) is 0 Å². The maximum atomic E-state index is 12.5. The van der Waals surface area contributed by atoms with Crippen LogP contribution in [0.2, 0.25) is 0 Å². The highest BCUT2D eigenvalue weighted by Crippen LogP contribution is 2.29. The van der Waals surface area contributed by atoms with Crippen molar-refractivity contribution in [3.63, 3.8) is 0 Å². The van der Waals surface area contributed by atoms with Gasteiger partial charge in [-0.2, -0.15) is 0 Å². The Hall–Kier alpha value is -1.53. The van der Waals surface area contributed by atoms with Crippen molar-refractivity contribution in [1.29, 1.82) is 0 Å². The smallest absolute Gasteiger partial charge is 0.263 e. The van der Waals surface area contributed by atoms with Gasteiger partial charge in [0, 0.05) is 11.8 Å². The molecule has 0 radical (unpaired) electrons. The summed E-state index contributed by atoms with van der Waals surface area (Å²) < 4.78 is 25.0. The van der Waals surface area contributed by atoms with E-state index in [4.69, 9.17) is 5.73 Å². The van der Waals surface area contributed by atoms with Crippen molar-refractivity contribution in [3.05, 3.63) is 46.5 Å². The average molecular weight is 256 g/mol. The quantitative estimate of drug-likeness (QED) is 0.887. The molecule has 17 heavy (non-hydrogen) atoms. The summed E-state index contributed by atoms with van der Waals surface area (Å²) in [7, 11) is 0. The Morgan fingerprint density at radius 1 is 1.29 bits per heavy atom. The number of aliphatic hydroxyl groups is 1. The minimum Gasteiger partial charge on any atom is -0.383 e. The van der Waals surface area contributed by atoms with Gasteiger partial charge in [0.25, 0.3) is 6.43 Å². The molecule has 0 amide bonds. The van der Waals surface area contributed by atoms with Crippen molar-refractivity contribution in [2.45, 2.75) is 12.5 Å². The van der Waals surface area contributed by atoms with Crippen molar-refractivity contribution in [1.82, 2.24) is 4.98 Å². The molecule has 90 valence electrons. The third-order valence-corrected chi connectivity index (χ3v) is 3.17. The summed E-state index contributed by atoms with van der Waals surface area (Å²) in [5, 5.41) is 10.3. The standard InChI is InChI=1S/C11H10F2N2OS/c12-10(13)7-3-1-2-6(4-7)9(16)8-5-15-11(14)17-8/h1-5,9-10,16H,(H2,14,15). The highest BCUT2D eigenvalue weighted by molar-refractivity contribution is 7.15. The van der Waals surface area contributed by atoms with Gasteiger partial charge < -0.3 is 10.8 Å². The van der Waals surface area contributed by atoms with Gasteiger partial charge in [-0.25, -0.2) is 13.8 Å². The average Bonchev–Trinajstić information content (AvgIpc) is 2.75. The summed E-state index contributed by atoms with van der Waals surface area (Å²) in [6, 6.07) is 5.68. The van der Waals surface area contributed by atoms with Crippen LogP contribution in [0.3, 0.4) is 0 Å². The Bertz CT molecular complexity index is 516. The number of rotatable bonds is 3. The summed E-state index contributed by atoms with van der Waals surface area (Å²) in [6.45, 7) is 0. The highest BCUT2D eigenvalue weighted by Gasteiger charge is 2.15. The van der Waals surface area contributed by atoms with E-state index in [1.54, 1.807) is 6.07 Å². The molecule has 1 aromatic carbocycles. The van der Waals surface area contributed by atoms with E-state index in [0.29, 0.717) is 15.6 Å². The van der Waals surface area contributed by atoms with Gasteiger partial charge in [0.05, 0.1) is 4.88 Å². The van der Waals surface area contributed by atoms with Crippen molar-refractivity contribution in [2.24, 2.45) is 0 Å². The van der Waals surface area contributed by atoms with E-state index in [2.05, 4.69) is 4.98 Å². The Balaban J connectivity index is 2.30. The van der Waals surface area contributed by atoms with E-state index < -0.39 is 12.5 Å².